The van der Waals surface area contributed by atoms with E-state index in [1.807, 2.05) is 43.7 Å². The van der Waals surface area contributed by atoms with Crippen LogP contribution in [0.1, 0.15) is 17.2 Å². The van der Waals surface area contributed by atoms with Gasteiger partial charge in [-0.25, -0.2) is 0 Å². The van der Waals surface area contributed by atoms with Crippen molar-refractivity contribution in [1.82, 2.24) is 15.1 Å². The lowest BCUT2D eigenvalue weighted by Gasteiger charge is -2.12. The molecular formula is C13H16BrN3O. The number of aromatic nitrogens is 2. The van der Waals surface area contributed by atoms with E-state index < -0.39 is 6.10 Å². The molecule has 0 aliphatic heterocycles. The van der Waals surface area contributed by atoms with Gasteiger partial charge in [-0.1, -0.05) is 28.1 Å². The highest BCUT2D eigenvalue weighted by Crippen LogP contribution is 2.17. The van der Waals surface area contributed by atoms with Crippen molar-refractivity contribution in [1.29, 1.82) is 0 Å². The highest BCUT2D eigenvalue weighted by atomic mass is 79.9. The summed E-state index contributed by atoms with van der Waals surface area (Å²) in [4.78, 5) is 0. The maximum Gasteiger partial charge on any atom is 0.0914 e. The number of hydrogen-bond donors (Lipinski definition) is 2. The lowest BCUT2D eigenvalue weighted by molar-refractivity contribution is 0.174. The van der Waals surface area contributed by atoms with Gasteiger partial charge in [0.1, 0.15) is 0 Å². The van der Waals surface area contributed by atoms with Crippen molar-refractivity contribution >= 4 is 15.9 Å². The minimum Gasteiger partial charge on any atom is -0.387 e. The summed E-state index contributed by atoms with van der Waals surface area (Å²) < 4.78 is 2.74. The summed E-state index contributed by atoms with van der Waals surface area (Å²) in [6.07, 6.45) is 3.27. The molecule has 1 heterocycles. The summed E-state index contributed by atoms with van der Waals surface area (Å²) in [6.45, 7) is 1.23. The number of aryl methyl sites for hydroxylation is 1. The maximum absolute atomic E-state index is 10.0. The molecule has 1 atom stereocenters. The maximum atomic E-state index is 10.0. The van der Waals surface area contributed by atoms with Gasteiger partial charge in [-0.05, 0) is 17.7 Å². The summed E-state index contributed by atoms with van der Waals surface area (Å²) in [5.74, 6) is 0. The first-order valence-electron chi connectivity index (χ1n) is 5.77. The molecule has 2 N–H and O–H groups in total. The van der Waals surface area contributed by atoms with Gasteiger partial charge in [-0.3, -0.25) is 4.68 Å². The molecule has 0 spiro atoms. The Kier molecular flexibility index (Phi) is 4.52. The Balaban J connectivity index is 1.83. The summed E-state index contributed by atoms with van der Waals surface area (Å²) in [5, 5.41) is 17.3. The Morgan fingerprint density at radius 1 is 1.50 bits per heavy atom. The SMILES string of the molecule is Cn1cc(CNCC(O)c2cccc(Br)c2)cn1. The quantitative estimate of drug-likeness (QED) is 0.888. The number of aliphatic hydroxyl groups excluding tert-OH is 1. The summed E-state index contributed by atoms with van der Waals surface area (Å²) in [5.41, 5.74) is 2.02. The number of nitrogens with zero attached hydrogens (tertiary/aromatic N) is 2. The highest BCUT2D eigenvalue weighted by Gasteiger charge is 2.07. The molecule has 0 radical (unpaired) electrons. The number of halogens is 1. The van der Waals surface area contributed by atoms with E-state index in [4.69, 9.17) is 0 Å². The third kappa shape index (κ3) is 3.66. The van der Waals surface area contributed by atoms with Crippen LogP contribution in [-0.2, 0) is 13.6 Å². The first-order valence-corrected chi connectivity index (χ1v) is 6.56. The van der Waals surface area contributed by atoms with Crippen LogP contribution >= 0.6 is 15.9 Å². The molecule has 1 aromatic carbocycles. The van der Waals surface area contributed by atoms with Crippen molar-refractivity contribution < 1.29 is 5.11 Å². The molecule has 2 rings (SSSR count). The predicted molar refractivity (Wildman–Crippen MR) is 74.0 cm³/mol. The molecule has 0 amide bonds. The molecule has 0 fully saturated rings. The normalized spacial score (nSPS) is 12.6. The van der Waals surface area contributed by atoms with E-state index in [1.54, 1.807) is 4.68 Å². The molecular weight excluding hydrogens is 294 g/mol. The largest absolute Gasteiger partial charge is 0.387 e. The zero-order valence-corrected chi connectivity index (χ0v) is 11.8. The molecule has 2 aromatic rings. The zero-order chi connectivity index (χ0) is 13.0. The highest BCUT2D eigenvalue weighted by molar-refractivity contribution is 9.10. The summed E-state index contributed by atoms with van der Waals surface area (Å²) in [6, 6.07) is 7.71. The lowest BCUT2D eigenvalue weighted by Crippen LogP contribution is -2.20. The van der Waals surface area contributed by atoms with Crippen LogP contribution in [0.2, 0.25) is 0 Å². The van der Waals surface area contributed by atoms with Crippen molar-refractivity contribution in [3.05, 3.63) is 52.3 Å². The smallest absolute Gasteiger partial charge is 0.0914 e. The second-order valence-electron chi connectivity index (χ2n) is 4.22. The first-order chi connectivity index (χ1) is 8.65. The van der Waals surface area contributed by atoms with E-state index in [1.165, 1.54) is 0 Å². The van der Waals surface area contributed by atoms with Crippen LogP contribution in [0.5, 0.6) is 0 Å². The number of rotatable bonds is 5. The van der Waals surface area contributed by atoms with Gasteiger partial charge in [0.2, 0.25) is 0 Å². The minimum absolute atomic E-state index is 0.501. The van der Waals surface area contributed by atoms with Crippen LogP contribution in [0, 0.1) is 0 Å². The number of hydrogen-bond acceptors (Lipinski definition) is 3. The average molecular weight is 310 g/mol. The van der Waals surface area contributed by atoms with Gasteiger partial charge >= 0.3 is 0 Å². The zero-order valence-electron chi connectivity index (χ0n) is 10.2. The molecule has 0 aliphatic carbocycles. The van der Waals surface area contributed by atoms with Gasteiger partial charge < -0.3 is 10.4 Å². The molecule has 0 aliphatic rings. The van der Waals surface area contributed by atoms with Crippen LogP contribution in [0.4, 0.5) is 0 Å². The van der Waals surface area contributed by atoms with E-state index >= 15 is 0 Å². The van der Waals surface area contributed by atoms with Crippen molar-refractivity contribution in [3.8, 4) is 0 Å². The van der Waals surface area contributed by atoms with Crippen molar-refractivity contribution in [3.63, 3.8) is 0 Å². The van der Waals surface area contributed by atoms with E-state index in [-0.39, 0.29) is 0 Å². The summed E-state index contributed by atoms with van der Waals surface area (Å²) >= 11 is 3.40. The Hall–Kier alpha value is -1.17. The Morgan fingerprint density at radius 3 is 3.00 bits per heavy atom. The van der Waals surface area contributed by atoms with Gasteiger partial charge in [-0.15, -0.1) is 0 Å². The van der Waals surface area contributed by atoms with E-state index in [2.05, 4.69) is 26.3 Å². The van der Waals surface area contributed by atoms with Crippen LogP contribution in [-0.4, -0.2) is 21.4 Å². The molecule has 0 saturated carbocycles. The Bertz CT molecular complexity index is 512. The molecule has 0 saturated heterocycles. The van der Waals surface area contributed by atoms with Crippen LogP contribution in [0.15, 0.2) is 41.1 Å². The fourth-order valence-corrected chi connectivity index (χ4v) is 2.17. The van der Waals surface area contributed by atoms with E-state index in [0.29, 0.717) is 13.1 Å². The molecule has 5 heteroatoms. The molecule has 4 nitrogen and oxygen atoms in total. The molecule has 0 bridgehead atoms. The van der Waals surface area contributed by atoms with Gasteiger partial charge in [0, 0.05) is 36.4 Å². The van der Waals surface area contributed by atoms with Crippen LogP contribution in [0.25, 0.3) is 0 Å². The fourth-order valence-electron chi connectivity index (χ4n) is 1.75. The van der Waals surface area contributed by atoms with Gasteiger partial charge in [0.05, 0.1) is 12.3 Å². The van der Waals surface area contributed by atoms with Crippen LogP contribution in [0.3, 0.4) is 0 Å². The van der Waals surface area contributed by atoms with Gasteiger partial charge in [-0.2, -0.15) is 5.10 Å². The fraction of sp³-hybridized carbons (Fsp3) is 0.308. The number of nitrogens with one attached hydrogen (secondary N) is 1. The number of benzene rings is 1. The number of aliphatic hydroxyl groups is 1. The monoisotopic (exact) mass is 309 g/mol. The van der Waals surface area contributed by atoms with Gasteiger partial charge in [0.25, 0.3) is 0 Å². The van der Waals surface area contributed by atoms with Gasteiger partial charge in [0.15, 0.2) is 0 Å². The molecule has 96 valence electrons. The second-order valence-corrected chi connectivity index (χ2v) is 5.14. The Morgan fingerprint density at radius 2 is 2.33 bits per heavy atom. The predicted octanol–water partition coefficient (Wildman–Crippen LogP) is 2.01. The Labute approximate surface area is 115 Å². The van der Waals surface area contributed by atoms with Crippen molar-refractivity contribution in [2.24, 2.45) is 7.05 Å². The average Bonchev–Trinajstić information content (AvgIpc) is 2.75. The van der Waals surface area contributed by atoms with E-state index in [0.717, 1.165) is 15.6 Å². The third-order valence-corrected chi connectivity index (χ3v) is 3.15. The topological polar surface area (TPSA) is 50.1 Å². The second kappa shape index (κ2) is 6.13. The summed E-state index contributed by atoms with van der Waals surface area (Å²) in [7, 11) is 1.89. The lowest BCUT2D eigenvalue weighted by atomic mass is 10.1. The standard InChI is InChI=1S/C13H16BrN3O/c1-17-9-10(7-16-17)6-15-8-13(18)11-3-2-4-12(14)5-11/h2-5,7,9,13,15,18H,6,8H2,1H3. The van der Waals surface area contributed by atoms with Crippen LogP contribution < -0.4 is 5.32 Å². The van der Waals surface area contributed by atoms with Crippen molar-refractivity contribution in [2.75, 3.05) is 6.54 Å². The third-order valence-electron chi connectivity index (χ3n) is 2.66. The van der Waals surface area contributed by atoms with E-state index in [9.17, 15) is 5.11 Å². The minimum atomic E-state index is -0.501. The van der Waals surface area contributed by atoms with Crippen molar-refractivity contribution in [2.45, 2.75) is 12.6 Å². The molecule has 18 heavy (non-hydrogen) atoms. The first kappa shape index (κ1) is 13.3. The molecule has 1 unspecified atom stereocenters. The molecule has 1 aromatic heterocycles.